The van der Waals surface area contributed by atoms with Crippen molar-refractivity contribution in [2.24, 2.45) is 0 Å². The molecular formula is C15H18N4O2. The number of nitrogens with zero attached hydrogens (tertiary/aromatic N) is 3. The fourth-order valence-electron chi connectivity index (χ4n) is 1.76. The summed E-state index contributed by atoms with van der Waals surface area (Å²) in [6.45, 7) is 4.42. The average molecular weight is 286 g/mol. The van der Waals surface area contributed by atoms with Crippen molar-refractivity contribution < 1.29 is 9.90 Å². The van der Waals surface area contributed by atoms with Gasteiger partial charge in [-0.3, -0.25) is 9.78 Å². The molecule has 0 fully saturated rings. The Balaban J connectivity index is 2.28. The van der Waals surface area contributed by atoms with Crippen LogP contribution in [0.25, 0.3) is 11.5 Å². The van der Waals surface area contributed by atoms with E-state index in [-0.39, 0.29) is 12.3 Å². The first-order valence-corrected chi connectivity index (χ1v) is 6.82. The van der Waals surface area contributed by atoms with Crippen LogP contribution in [0, 0.1) is 0 Å². The Kier molecular flexibility index (Phi) is 4.81. The second-order valence-corrected chi connectivity index (χ2v) is 4.94. The minimum Gasteiger partial charge on any atom is -0.481 e. The van der Waals surface area contributed by atoms with Crippen molar-refractivity contribution in [3.05, 3.63) is 36.2 Å². The standard InChI is InChI=1S/C15H18N4O2/c1-10(2)12-9-13(17-8-6-14(20)21)19-15(18-12)11-5-3-4-7-16-11/h3-5,7,9-10H,6,8H2,1-2H3,(H,20,21)(H,17,18,19). The summed E-state index contributed by atoms with van der Waals surface area (Å²) < 4.78 is 0. The summed E-state index contributed by atoms with van der Waals surface area (Å²) in [4.78, 5) is 23.7. The number of pyridine rings is 1. The molecule has 0 saturated carbocycles. The second-order valence-electron chi connectivity index (χ2n) is 4.94. The smallest absolute Gasteiger partial charge is 0.305 e. The molecule has 2 rings (SSSR count). The number of hydrogen-bond acceptors (Lipinski definition) is 5. The molecule has 0 aromatic carbocycles. The number of carbonyl (C=O) groups is 1. The third-order valence-electron chi connectivity index (χ3n) is 2.88. The summed E-state index contributed by atoms with van der Waals surface area (Å²) in [6.07, 6.45) is 1.73. The zero-order valence-corrected chi connectivity index (χ0v) is 12.1. The number of carboxylic acids is 1. The second kappa shape index (κ2) is 6.78. The van der Waals surface area contributed by atoms with Crippen LogP contribution in [0.1, 0.15) is 31.9 Å². The SMILES string of the molecule is CC(C)c1cc(NCCC(=O)O)nc(-c2ccccn2)n1. The highest BCUT2D eigenvalue weighted by molar-refractivity contribution is 5.67. The van der Waals surface area contributed by atoms with Gasteiger partial charge in [0.1, 0.15) is 11.5 Å². The maximum Gasteiger partial charge on any atom is 0.305 e. The van der Waals surface area contributed by atoms with Crippen LogP contribution in [0.5, 0.6) is 0 Å². The number of anilines is 1. The van der Waals surface area contributed by atoms with E-state index in [2.05, 4.69) is 20.3 Å². The number of hydrogen-bond donors (Lipinski definition) is 2. The first-order valence-electron chi connectivity index (χ1n) is 6.82. The van der Waals surface area contributed by atoms with Crippen LogP contribution in [0.2, 0.25) is 0 Å². The molecule has 0 atom stereocenters. The molecule has 2 N–H and O–H groups in total. The number of carboxylic acid groups (broad SMARTS) is 1. The molecule has 0 radical (unpaired) electrons. The summed E-state index contributed by atoms with van der Waals surface area (Å²) in [5, 5.41) is 11.7. The van der Waals surface area contributed by atoms with Crippen LogP contribution < -0.4 is 5.32 Å². The lowest BCUT2D eigenvalue weighted by Gasteiger charge is -2.11. The molecule has 0 bridgehead atoms. The van der Waals surface area contributed by atoms with Crippen molar-refractivity contribution in [3.63, 3.8) is 0 Å². The number of aromatic nitrogens is 3. The molecule has 0 spiro atoms. The summed E-state index contributed by atoms with van der Waals surface area (Å²) >= 11 is 0. The molecule has 6 heteroatoms. The first kappa shape index (κ1) is 14.9. The highest BCUT2D eigenvalue weighted by Crippen LogP contribution is 2.20. The Hall–Kier alpha value is -2.50. The number of nitrogens with one attached hydrogen (secondary N) is 1. The molecule has 110 valence electrons. The third-order valence-corrected chi connectivity index (χ3v) is 2.88. The van der Waals surface area contributed by atoms with Gasteiger partial charge in [0.2, 0.25) is 0 Å². The van der Waals surface area contributed by atoms with Crippen LogP contribution >= 0.6 is 0 Å². The summed E-state index contributed by atoms with van der Waals surface area (Å²) in [5.74, 6) is 0.566. The van der Waals surface area contributed by atoms with E-state index in [1.54, 1.807) is 6.20 Å². The Morgan fingerprint density at radius 3 is 2.76 bits per heavy atom. The van der Waals surface area contributed by atoms with Gasteiger partial charge in [0.15, 0.2) is 5.82 Å². The summed E-state index contributed by atoms with van der Waals surface area (Å²) in [7, 11) is 0. The molecule has 2 aromatic heterocycles. The Bertz CT molecular complexity index is 614. The minimum absolute atomic E-state index is 0.0416. The Labute approximate surface area is 123 Å². The molecule has 0 aliphatic heterocycles. The molecular weight excluding hydrogens is 268 g/mol. The number of aliphatic carboxylic acids is 1. The summed E-state index contributed by atoms with van der Waals surface area (Å²) in [6, 6.07) is 7.41. The quantitative estimate of drug-likeness (QED) is 0.848. The van der Waals surface area contributed by atoms with E-state index >= 15 is 0 Å². The van der Waals surface area contributed by atoms with Gasteiger partial charge in [0.25, 0.3) is 0 Å². The van der Waals surface area contributed by atoms with Crippen molar-refractivity contribution in [1.82, 2.24) is 15.0 Å². The van der Waals surface area contributed by atoms with E-state index in [1.165, 1.54) is 0 Å². The fourth-order valence-corrected chi connectivity index (χ4v) is 1.76. The van der Waals surface area contributed by atoms with Crippen LogP contribution in [0.4, 0.5) is 5.82 Å². The van der Waals surface area contributed by atoms with Crippen molar-refractivity contribution in [3.8, 4) is 11.5 Å². The lowest BCUT2D eigenvalue weighted by molar-refractivity contribution is -0.136. The molecule has 21 heavy (non-hydrogen) atoms. The van der Waals surface area contributed by atoms with Crippen molar-refractivity contribution in [1.29, 1.82) is 0 Å². The van der Waals surface area contributed by atoms with Crippen LogP contribution in [-0.4, -0.2) is 32.6 Å². The molecule has 0 aliphatic rings. The van der Waals surface area contributed by atoms with E-state index in [9.17, 15) is 4.79 Å². The largest absolute Gasteiger partial charge is 0.481 e. The van der Waals surface area contributed by atoms with Gasteiger partial charge in [0.05, 0.1) is 6.42 Å². The molecule has 2 aromatic rings. The van der Waals surface area contributed by atoms with Gasteiger partial charge >= 0.3 is 5.97 Å². The van der Waals surface area contributed by atoms with Gasteiger partial charge in [-0.05, 0) is 18.1 Å². The van der Waals surface area contributed by atoms with Crippen molar-refractivity contribution in [2.45, 2.75) is 26.2 Å². The van der Waals surface area contributed by atoms with E-state index in [4.69, 9.17) is 5.11 Å². The molecule has 0 amide bonds. The highest BCUT2D eigenvalue weighted by Gasteiger charge is 2.10. The first-order chi connectivity index (χ1) is 10.1. The normalized spacial score (nSPS) is 10.6. The van der Waals surface area contributed by atoms with Crippen LogP contribution in [0.15, 0.2) is 30.5 Å². The fraction of sp³-hybridized carbons (Fsp3) is 0.333. The predicted octanol–water partition coefficient (Wildman–Crippen LogP) is 2.55. The highest BCUT2D eigenvalue weighted by atomic mass is 16.4. The van der Waals surface area contributed by atoms with Gasteiger partial charge < -0.3 is 10.4 Å². The molecule has 0 aliphatic carbocycles. The van der Waals surface area contributed by atoms with Crippen molar-refractivity contribution in [2.75, 3.05) is 11.9 Å². The van der Waals surface area contributed by atoms with E-state index in [0.717, 1.165) is 5.69 Å². The topological polar surface area (TPSA) is 88.0 Å². The summed E-state index contributed by atoms with van der Waals surface area (Å²) in [5.41, 5.74) is 1.59. The Morgan fingerprint density at radius 1 is 1.33 bits per heavy atom. The lowest BCUT2D eigenvalue weighted by atomic mass is 10.1. The zero-order valence-electron chi connectivity index (χ0n) is 12.1. The van der Waals surface area contributed by atoms with Crippen LogP contribution in [-0.2, 0) is 4.79 Å². The van der Waals surface area contributed by atoms with E-state index in [0.29, 0.717) is 23.9 Å². The molecule has 0 unspecified atom stereocenters. The number of rotatable bonds is 6. The lowest BCUT2D eigenvalue weighted by Crippen LogP contribution is -2.10. The van der Waals surface area contributed by atoms with Crippen molar-refractivity contribution >= 4 is 11.8 Å². The minimum atomic E-state index is -0.842. The van der Waals surface area contributed by atoms with Gasteiger partial charge in [-0.25, -0.2) is 9.97 Å². The van der Waals surface area contributed by atoms with Gasteiger partial charge in [-0.15, -0.1) is 0 Å². The van der Waals surface area contributed by atoms with E-state index in [1.807, 2.05) is 38.1 Å². The predicted molar refractivity (Wildman–Crippen MR) is 80.1 cm³/mol. The van der Waals surface area contributed by atoms with Crippen LogP contribution in [0.3, 0.4) is 0 Å². The average Bonchev–Trinajstić information content (AvgIpc) is 2.47. The maximum atomic E-state index is 10.6. The molecule has 2 heterocycles. The maximum absolute atomic E-state index is 10.6. The molecule has 6 nitrogen and oxygen atoms in total. The Morgan fingerprint density at radius 2 is 2.14 bits per heavy atom. The van der Waals surface area contributed by atoms with Gasteiger partial charge in [-0.1, -0.05) is 19.9 Å². The monoisotopic (exact) mass is 286 g/mol. The van der Waals surface area contributed by atoms with E-state index < -0.39 is 5.97 Å². The zero-order chi connectivity index (χ0) is 15.2. The molecule has 0 saturated heterocycles. The van der Waals surface area contributed by atoms with Gasteiger partial charge in [0, 0.05) is 24.5 Å². The third kappa shape index (κ3) is 4.24. The van der Waals surface area contributed by atoms with Gasteiger partial charge in [-0.2, -0.15) is 0 Å².